The first-order valence-electron chi connectivity index (χ1n) is 6.94. The maximum absolute atomic E-state index is 12.5. The second kappa shape index (κ2) is 5.68. The molecule has 2 heterocycles. The van der Waals surface area contributed by atoms with E-state index in [4.69, 9.17) is 5.11 Å². The lowest BCUT2D eigenvalue weighted by atomic mass is 10.0. The van der Waals surface area contributed by atoms with Crippen LogP contribution in [0.1, 0.15) is 19.8 Å². The summed E-state index contributed by atoms with van der Waals surface area (Å²) >= 11 is 0. The molecule has 2 fully saturated rings. The van der Waals surface area contributed by atoms with Crippen molar-refractivity contribution in [1.82, 2.24) is 14.7 Å². The molecule has 0 aromatic rings. The van der Waals surface area contributed by atoms with Crippen LogP contribution in [0.15, 0.2) is 0 Å². The molecule has 0 aromatic carbocycles. The Morgan fingerprint density at radius 3 is 2.55 bits per heavy atom. The van der Waals surface area contributed by atoms with Crippen LogP contribution in [0.4, 0.5) is 4.79 Å². The highest BCUT2D eigenvalue weighted by molar-refractivity contribution is 5.85. The van der Waals surface area contributed by atoms with Gasteiger partial charge in [0.05, 0.1) is 5.92 Å². The molecular weight excluding hydrogens is 262 g/mol. The minimum atomic E-state index is -0.862. The largest absolute Gasteiger partial charge is 0.481 e. The predicted molar refractivity (Wildman–Crippen MR) is 71.1 cm³/mol. The predicted octanol–water partition coefficient (Wildman–Crippen LogP) is 0.0655. The third-order valence-corrected chi connectivity index (χ3v) is 4.26. The smallest absolute Gasteiger partial charge is 0.320 e. The average Bonchev–Trinajstić information content (AvgIpc) is 2.69. The zero-order chi connectivity index (χ0) is 14.9. The van der Waals surface area contributed by atoms with Crippen LogP contribution in [-0.4, -0.2) is 77.0 Å². The summed E-state index contributed by atoms with van der Waals surface area (Å²) in [6.45, 7) is 3.47. The number of aliphatic carboxylic acids is 1. The van der Waals surface area contributed by atoms with Crippen molar-refractivity contribution in [2.45, 2.75) is 25.8 Å². The second-order valence-corrected chi connectivity index (χ2v) is 5.54. The molecule has 112 valence electrons. The number of likely N-dealkylation sites (tertiary alicyclic amines) is 1. The molecule has 2 atom stereocenters. The quantitative estimate of drug-likeness (QED) is 0.738. The normalized spacial score (nSPS) is 27.7. The minimum absolute atomic E-state index is 0.0718. The molecule has 0 bridgehead atoms. The standard InChI is InChI=1S/C13H21N3O4/c1-9-10(12(18)19)4-7-16(9)13(20)15-6-3-5-14(2)11(17)8-15/h9-10H,3-8H2,1-2H3,(H,18,19). The first-order valence-corrected chi connectivity index (χ1v) is 6.94. The summed E-state index contributed by atoms with van der Waals surface area (Å²) in [6, 6.07) is -0.541. The molecule has 3 amide bonds. The van der Waals surface area contributed by atoms with E-state index in [-0.39, 0.29) is 24.5 Å². The van der Waals surface area contributed by atoms with E-state index in [2.05, 4.69) is 0 Å². The molecule has 0 spiro atoms. The number of carbonyl (C=O) groups excluding carboxylic acids is 2. The van der Waals surface area contributed by atoms with E-state index in [1.807, 2.05) is 0 Å². The van der Waals surface area contributed by atoms with E-state index < -0.39 is 11.9 Å². The highest BCUT2D eigenvalue weighted by atomic mass is 16.4. The lowest BCUT2D eigenvalue weighted by Gasteiger charge is -2.29. The Labute approximate surface area is 118 Å². The summed E-state index contributed by atoms with van der Waals surface area (Å²) < 4.78 is 0. The lowest BCUT2D eigenvalue weighted by Crippen LogP contribution is -2.48. The molecular formula is C13H21N3O4. The molecule has 2 saturated heterocycles. The maximum atomic E-state index is 12.5. The number of urea groups is 1. The number of likely N-dealkylation sites (N-methyl/N-ethyl adjacent to an activating group) is 1. The fourth-order valence-electron chi connectivity index (χ4n) is 2.87. The Bertz CT molecular complexity index is 426. The third-order valence-electron chi connectivity index (χ3n) is 4.26. The van der Waals surface area contributed by atoms with Crippen molar-refractivity contribution in [3.05, 3.63) is 0 Å². The van der Waals surface area contributed by atoms with Gasteiger partial charge in [0.2, 0.25) is 5.91 Å². The van der Waals surface area contributed by atoms with Crippen molar-refractivity contribution in [3.63, 3.8) is 0 Å². The van der Waals surface area contributed by atoms with Crippen molar-refractivity contribution in [2.75, 3.05) is 33.2 Å². The summed E-state index contributed by atoms with van der Waals surface area (Å²) in [5, 5.41) is 9.10. The van der Waals surface area contributed by atoms with Crippen LogP contribution in [-0.2, 0) is 9.59 Å². The molecule has 7 nitrogen and oxygen atoms in total. The number of hydrogen-bond acceptors (Lipinski definition) is 3. The minimum Gasteiger partial charge on any atom is -0.481 e. The number of carboxylic acids is 1. The number of hydrogen-bond donors (Lipinski definition) is 1. The Kier molecular flexibility index (Phi) is 4.15. The molecule has 2 aliphatic rings. The molecule has 2 unspecified atom stereocenters. The van der Waals surface area contributed by atoms with Crippen molar-refractivity contribution < 1.29 is 19.5 Å². The fraction of sp³-hybridized carbons (Fsp3) is 0.769. The molecule has 0 radical (unpaired) electrons. The van der Waals surface area contributed by atoms with Gasteiger partial charge in [0.25, 0.3) is 0 Å². The van der Waals surface area contributed by atoms with Crippen molar-refractivity contribution in [2.24, 2.45) is 5.92 Å². The van der Waals surface area contributed by atoms with E-state index in [9.17, 15) is 14.4 Å². The van der Waals surface area contributed by atoms with Gasteiger partial charge in [0, 0.05) is 32.7 Å². The Balaban J connectivity index is 2.04. The summed E-state index contributed by atoms with van der Waals surface area (Å²) in [7, 11) is 1.73. The molecule has 2 rings (SSSR count). The molecule has 0 saturated carbocycles. The molecule has 2 aliphatic heterocycles. The number of carbonyl (C=O) groups is 3. The van der Waals surface area contributed by atoms with Gasteiger partial charge in [0.1, 0.15) is 6.54 Å². The van der Waals surface area contributed by atoms with Crippen molar-refractivity contribution in [1.29, 1.82) is 0 Å². The fourth-order valence-corrected chi connectivity index (χ4v) is 2.87. The second-order valence-electron chi connectivity index (χ2n) is 5.54. The van der Waals surface area contributed by atoms with Crippen LogP contribution < -0.4 is 0 Å². The Morgan fingerprint density at radius 1 is 1.25 bits per heavy atom. The third kappa shape index (κ3) is 2.71. The van der Waals surface area contributed by atoms with E-state index in [1.165, 1.54) is 4.90 Å². The van der Waals surface area contributed by atoms with Gasteiger partial charge in [0.15, 0.2) is 0 Å². The highest BCUT2D eigenvalue weighted by Gasteiger charge is 2.40. The van der Waals surface area contributed by atoms with Gasteiger partial charge in [-0.25, -0.2) is 4.79 Å². The molecule has 0 aromatic heterocycles. The first kappa shape index (κ1) is 14.6. The molecule has 20 heavy (non-hydrogen) atoms. The number of nitrogens with zero attached hydrogens (tertiary/aromatic N) is 3. The molecule has 0 aliphatic carbocycles. The zero-order valence-corrected chi connectivity index (χ0v) is 11.9. The van der Waals surface area contributed by atoms with E-state index in [1.54, 1.807) is 23.8 Å². The van der Waals surface area contributed by atoms with Crippen molar-refractivity contribution in [3.8, 4) is 0 Å². The highest BCUT2D eigenvalue weighted by Crippen LogP contribution is 2.25. The summed E-state index contributed by atoms with van der Waals surface area (Å²) in [5.41, 5.74) is 0. The Hall–Kier alpha value is -1.79. The number of rotatable bonds is 1. The number of carboxylic acid groups (broad SMARTS) is 1. The van der Waals surface area contributed by atoms with Gasteiger partial charge in [-0.15, -0.1) is 0 Å². The van der Waals surface area contributed by atoms with Crippen LogP contribution in [0.3, 0.4) is 0 Å². The van der Waals surface area contributed by atoms with Crippen LogP contribution in [0.5, 0.6) is 0 Å². The summed E-state index contributed by atoms with van der Waals surface area (Å²) in [4.78, 5) is 40.1. The zero-order valence-electron chi connectivity index (χ0n) is 11.9. The maximum Gasteiger partial charge on any atom is 0.320 e. The van der Waals surface area contributed by atoms with Crippen molar-refractivity contribution >= 4 is 17.9 Å². The monoisotopic (exact) mass is 283 g/mol. The van der Waals surface area contributed by atoms with Gasteiger partial charge >= 0.3 is 12.0 Å². The van der Waals surface area contributed by atoms with E-state index in [0.29, 0.717) is 26.1 Å². The van der Waals surface area contributed by atoms with Crippen LogP contribution >= 0.6 is 0 Å². The number of amides is 3. The summed E-state index contributed by atoms with van der Waals surface area (Å²) in [6.07, 6.45) is 1.22. The SMILES string of the molecule is CC1C(C(=O)O)CCN1C(=O)N1CCCN(C)C(=O)C1. The lowest BCUT2D eigenvalue weighted by molar-refractivity contribution is -0.142. The average molecular weight is 283 g/mol. The van der Waals surface area contributed by atoms with Crippen LogP contribution in [0.2, 0.25) is 0 Å². The molecule has 7 heteroatoms. The summed E-state index contributed by atoms with van der Waals surface area (Å²) in [5.74, 6) is -1.44. The van der Waals surface area contributed by atoms with Gasteiger partial charge in [-0.2, -0.15) is 0 Å². The topological polar surface area (TPSA) is 81.2 Å². The Morgan fingerprint density at radius 2 is 1.95 bits per heavy atom. The van der Waals surface area contributed by atoms with Gasteiger partial charge in [-0.3, -0.25) is 9.59 Å². The van der Waals surface area contributed by atoms with Crippen LogP contribution in [0.25, 0.3) is 0 Å². The van der Waals surface area contributed by atoms with Gasteiger partial charge in [-0.1, -0.05) is 0 Å². The van der Waals surface area contributed by atoms with Gasteiger partial charge < -0.3 is 19.8 Å². The molecule has 1 N–H and O–H groups in total. The van der Waals surface area contributed by atoms with E-state index >= 15 is 0 Å². The van der Waals surface area contributed by atoms with E-state index in [0.717, 1.165) is 6.42 Å². The first-order chi connectivity index (χ1) is 9.41. The van der Waals surface area contributed by atoms with Crippen LogP contribution in [0, 0.1) is 5.92 Å². The van der Waals surface area contributed by atoms with Gasteiger partial charge in [-0.05, 0) is 19.8 Å².